The van der Waals surface area contributed by atoms with Gasteiger partial charge in [0.1, 0.15) is 6.04 Å². The van der Waals surface area contributed by atoms with Crippen LogP contribution in [0.1, 0.15) is 29.8 Å². The molecule has 3 N–H and O–H groups in total. The second kappa shape index (κ2) is 8.91. The third-order valence-corrected chi connectivity index (χ3v) is 5.93. The minimum atomic E-state index is -4.20. The number of sulfonamides is 1. The molecular weight excluding hydrogens is 386 g/mol. The fraction of sp³-hybridized carbons (Fsp3) is 0.278. The van der Waals surface area contributed by atoms with E-state index in [2.05, 4.69) is 4.98 Å². The van der Waals surface area contributed by atoms with Crippen LogP contribution in [0.25, 0.3) is 0 Å². The normalized spacial score (nSPS) is 12.8. The zero-order valence-corrected chi connectivity index (χ0v) is 16.1. The van der Waals surface area contributed by atoms with Crippen LogP contribution in [0.15, 0.2) is 53.7 Å². The Morgan fingerprint density at radius 2 is 1.82 bits per heavy atom. The lowest BCUT2D eigenvalue weighted by molar-refractivity contribution is -0.134. The van der Waals surface area contributed by atoms with Crippen LogP contribution in [0.5, 0.6) is 0 Å². The molecule has 1 aromatic carbocycles. The van der Waals surface area contributed by atoms with E-state index in [4.69, 9.17) is 10.3 Å². The van der Waals surface area contributed by atoms with Crippen LogP contribution in [0.3, 0.4) is 0 Å². The Kier molecular flexibility index (Phi) is 6.84. The number of benzene rings is 1. The summed E-state index contributed by atoms with van der Waals surface area (Å²) in [6.07, 6.45) is 3.01. The van der Waals surface area contributed by atoms with E-state index in [0.717, 1.165) is 4.31 Å². The lowest BCUT2D eigenvalue weighted by Crippen LogP contribution is -2.51. The largest absolute Gasteiger partial charge is 0.478 e. The molecule has 1 unspecified atom stereocenters. The molecule has 9 nitrogen and oxygen atoms in total. The first-order valence-electron chi connectivity index (χ1n) is 8.36. The highest BCUT2D eigenvalue weighted by Gasteiger charge is 2.38. The van der Waals surface area contributed by atoms with Gasteiger partial charge in [-0.25, -0.2) is 18.7 Å². The summed E-state index contributed by atoms with van der Waals surface area (Å²) in [6, 6.07) is 6.79. The summed E-state index contributed by atoms with van der Waals surface area (Å²) in [4.78, 5) is 27.0. The van der Waals surface area contributed by atoms with Gasteiger partial charge in [-0.1, -0.05) is 19.9 Å². The lowest BCUT2D eigenvalue weighted by Gasteiger charge is -2.32. The van der Waals surface area contributed by atoms with E-state index in [1.807, 2.05) is 0 Å². The minimum Gasteiger partial charge on any atom is -0.478 e. The van der Waals surface area contributed by atoms with Crippen molar-refractivity contribution >= 4 is 21.9 Å². The molecule has 1 atom stereocenters. The fourth-order valence-electron chi connectivity index (χ4n) is 2.74. The number of hydroxylamine groups is 1. The Bertz CT molecular complexity index is 930. The molecule has 0 bridgehead atoms. The van der Waals surface area contributed by atoms with Gasteiger partial charge in [-0.3, -0.25) is 15.0 Å². The SMILES string of the molecule is CC(C)C(C(=O)NO)N(Cc1cccnc1)S(=O)(=O)c1ccc(C(=O)O)cc1. The molecule has 0 fully saturated rings. The summed E-state index contributed by atoms with van der Waals surface area (Å²) in [5.74, 6) is -2.52. The van der Waals surface area contributed by atoms with Crippen LogP contribution in [0.2, 0.25) is 0 Å². The molecule has 2 rings (SSSR count). The van der Waals surface area contributed by atoms with Crippen LogP contribution in [-0.4, -0.2) is 45.9 Å². The second-order valence-corrected chi connectivity index (χ2v) is 8.30. The molecule has 0 spiro atoms. The molecule has 1 amide bonds. The number of carbonyl (C=O) groups is 2. The average molecular weight is 407 g/mol. The third-order valence-electron chi connectivity index (χ3n) is 4.09. The third kappa shape index (κ3) is 4.71. The Morgan fingerprint density at radius 3 is 2.29 bits per heavy atom. The van der Waals surface area contributed by atoms with Gasteiger partial charge >= 0.3 is 5.97 Å². The highest BCUT2D eigenvalue weighted by atomic mass is 32.2. The number of nitrogens with zero attached hydrogens (tertiary/aromatic N) is 2. The monoisotopic (exact) mass is 407 g/mol. The summed E-state index contributed by atoms with van der Waals surface area (Å²) in [5.41, 5.74) is 2.00. The Morgan fingerprint density at radius 1 is 1.18 bits per heavy atom. The van der Waals surface area contributed by atoms with Crippen molar-refractivity contribution in [2.75, 3.05) is 0 Å². The van der Waals surface area contributed by atoms with Crippen molar-refractivity contribution in [3.63, 3.8) is 0 Å². The van der Waals surface area contributed by atoms with Crippen LogP contribution in [0, 0.1) is 5.92 Å². The number of carboxylic acids is 1. The standard InChI is InChI=1S/C18H21N3O6S/c1-12(2)16(17(22)20-25)21(11-13-4-3-9-19-10-13)28(26,27)15-7-5-14(6-8-15)18(23)24/h3-10,12,16,25H,11H2,1-2H3,(H,20,22)(H,23,24). The Hall–Kier alpha value is -2.82. The highest BCUT2D eigenvalue weighted by molar-refractivity contribution is 7.89. The first-order valence-corrected chi connectivity index (χ1v) is 9.80. The van der Waals surface area contributed by atoms with Crippen LogP contribution in [0.4, 0.5) is 0 Å². The van der Waals surface area contributed by atoms with Gasteiger partial charge < -0.3 is 5.11 Å². The van der Waals surface area contributed by atoms with Crippen molar-refractivity contribution in [2.45, 2.75) is 31.3 Å². The molecule has 0 saturated carbocycles. The van der Waals surface area contributed by atoms with E-state index in [-0.39, 0.29) is 17.0 Å². The number of pyridine rings is 1. The molecule has 0 radical (unpaired) electrons. The molecule has 0 aliphatic rings. The van der Waals surface area contributed by atoms with Crippen molar-refractivity contribution in [2.24, 2.45) is 5.92 Å². The Labute approximate surface area is 162 Å². The molecule has 1 aromatic heterocycles. The number of rotatable bonds is 8. The molecule has 0 aliphatic heterocycles. The highest BCUT2D eigenvalue weighted by Crippen LogP contribution is 2.25. The van der Waals surface area contributed by atoms with Crippen molar-refractivity contribution in [3.05, 3.63) is 59.9 Å². The minimum absolute atomic E-state index is 0.0636. The smallest absolute Gasteiger partial charge is 0.335 e. The second-order valence-electron chi connectivity index (χ2n) is 6.41. The lowest BCUT2D eigenvalue weighted by atomic mass is 10.0. The van der Waals surface area contributed by atoms with Gasteiger partial charge in [-0.15, -0.1) is 0 Å². The van der Waals surface area contributed by atoms with Gasteiger partial charge in [-0.05, 0) is 41.8 Å². The summed E-state index contributed by atoms with van der Waals surface area (Å²) in [7, 11) is -4.20. The summed E-state index contributed by atoms with van der Waals surface area (Å²) in [6.45, 7) is 3.14. The zero-order valence-electron chi connectivity index (χ0n) is 15.3. The molecule has 10 heteroatoms. The van der Waals surface area contributed by atoms with Gasteiger partial charge in [0.25, 0.3) is 5.91 Å². The van der Waals surface area contributed by atoms with E-state index < -0.39 is 33.9 Å². The van der Waals surface area contributed by atoms with Crippen LogP contribution in [-0.2, 0) is 21.4 Å². The van der Waals surface area contributed by atoms with Crippen molar-refractivity contribution in [1.82, 2.24) is 14.8 Å². The summed E-state index contributed by atoms with van der Waals surface area (Å²) >= 11 is 0. The van der Waals surface area contributed by atoms with Crippen LogP contribution < -0.4 is 5.48 Å². The summed E-state index contributed by atoms with van der Waals surface area (Å²) < 4.78 is 27.5. The topological polar surface area (TPSA) is 137 Å². The van der Waals surface area contributed by atoms with Gasteiger partial charge in [0.15, 0.2) is 0 Å². The number of amides is 1. The van der Waals surface area contributed by atoms with Crippen LogP contribution >= 0.6 is 0 Å². The van der Waals surface area contributed by atoms with E-state index in [0.29, 0.717) is 5.56 Å². The molecule has 0 aliphatic carbocycles. The first kappa shape index (κ1) is 21.5. The average Bonchev–Trinajstić information content (AvgIpc) is 2.67. The van der Waals surface area contributed by atoms with Crippen molar-refractivity contribution < 1.29 is 28.3 Å². The van der Waals surface area contributed by atoms with E-state index in [1.165, 1.54) is 42.1 Å². The number of carbonyl (C=O) groups excluding carboxylic acids is 1. The molecule has 150 valence electrons. The number of nitrogens with one attached hydrogen (secondary N) is 1. The Balaban J connectivity index is 2.54. The maximum atomic E-state index is 13.3. The number of aromatic carboxylic acids is 1. The van der Waals surface area contributed by atoms with Crippen molar-refractivity contribution in [3.8, 4) is 0 Å². The quantitative estimate of drug-likeness (QED) is 0.445. The maximum absolute atomic E-state index is 13.3. The number of hydrogen-bond donors (Lipinski definition) is 3. The molecular formula is C18H21N3O6S. The fourth-order valence-corrected chi connectivity index (χ4v) is 4.45. The van der Waals surface area contributed by atoms with Gasteiger partial charge in [0, 0.05) is 18.9 Å². The molecule has 28 heavy (non-hydrogen) atoms. The molecule has 2 aromatic rings. The zero-order chi connectivity index (χ0) is 20.9. The number of aromatic nitrogens is 1. The maximum Gasteiger partial charge on any atom is 0.335 e. The van der Waals surface area contributed by atoms with E-state index in [1.54, 1.807) is 26.0 Å². The van der Waals surface area contributed by atoms with Gasteiger partial charge in [0.05, 0.1) is 10.5 Å². The van der Waals surface area contributed by atoms with E-state index in [9.17, 15) is 18.0 Å². The van der Waals surface area contributed by atoms with E-state index >= 15 is 0 Å². The first-order chi connectivity index (χ1) is 13.2. The summed E-state index contributed by atoms with van der Waals surface area (Å²) in [5, 5.41) is 18.1. The number of carboxylic acid groups (broad SMARTS) is 1. The predicted molar refractivity (Wildman–Crippen MR) is 98.9 cm³/mol. The predicted octanol–water partition coefficient (Wildman–Crippen LogP) is 1.50. The van der Waals surface area contributed by atoms with Gasteiger partial charge in [-0.2, -0.15) is 4.31 Å². The van der Waals surface area contributed by atoms with Crippen molar-refractivity contribution in [1.29, 1.82) is 0 Å². The molecule has 1 heterocycles. The van der Waals surface area contributed by atoms with Gasteiger partial charge in [0.2, 0.25) is 10.0 Å². The molecule has 0 saturated heterocycles. The number of hydrogen-bond acceptors (Lipinski definition) is 6.